The van der Waals surface area contributed by atoms with Crippen molar-refractivity contribution in [3.05, 3.63) is 101 Å². The average Bonchev–Trinajstić information content (AvgIpc) is 3.52. The fourth-order valence-electron chi connectivity index (χ4n) is 6.24. The van der Waals surface area contributed by atoms with Crippen LogP contribution in [-0.4, -0.2) is 51.0 Å². The van der Waals surface area contributed by atoms with Crippen LogP contribution >= 0.6 is 11.6 Å². The molecule has 3 aromatic carbocycles. The van der Waals surface area contributed by atoms with Crippen LogP contribution in [0.25, 0.3) is 11.3 Å². The molecule has 2 saturated heterocycles. The van der Waals surface area contributed by atoms with E-state index < -0.39 is 17.4 Å². The van der Waals surface area contributed by atoms with Gasteiger partial charge in [-0.1, -0.05) is 29.8 Å². The van der Waals surface area contributed by atoms with Gasteiger partial charge < -0.3 is 9.15 Å². The number of rotatable bonds is 8. The molecule has 1 aromatic heterocycles. The van der Waals surface area contributed by atoms with Crippen molar-refractivity contribution < 1.29 is 23.1 Å². The van der Waals surface area contributed by atoms with Gasteiger partial charge in [-0.25, -0.2) is 14.2 Å². The number of anilines is 1. The lowest BCUT2D eigenvalue weighted by molar-refractivity contribution is -0.133. The molecule has 1 spiro atoms. The number of urea groups is 1. The number of likely N-dealkylation sites (tertiary alicyclic amines) is 1. The van der Waals surface area contributed by atoms with Crippen LogP contribution in [0.4, 0.5) is 14.9 Å². The van der Waals surface area contributed by atoms with Crippen LogP contribution in [0.2, 0.25) is 5.02 Å². The molecule has 2 atom stereocenters. The summed E-state index contributed by atoms with van der Waals surface area (Å²) in [5.41, 5.74) is 1.05. The number of hydrogen-bond acceptors (Lipinski definition) is 6. The number of hydrogen-bond donors (Lipinski definition) is 0. The Morgan fingerprint density at radius 1 is 1.07 bits per heavy atom. The highest BCUT2D eigenvalue weighted by Crippen LogP contribution is 2.43. The second-order valence-electron chi connectivity index (χ2n) is 11.7. The molecule has 3 amide bonds. The Balaban J connectivity index is 1.26. The maximum Gasteiger partial charge on any atom is 0.332 e. The van der Waals surface area contributed by atoms with Gasteiger partial charge in [0.1, 0.15) is 23.7 Å². The highest BCUT2D eigenvalue weighted by atomic mass is 35.5. The summed E-state index contributed by atoms with van der Waals surface area (Å²) in [6.07, 6.45) is 2.40. The number of aromatic nitrogens is 1. The zero-order valence-electron chi connectivity index (χ0n) is 24.9. The predicted octanol–water partition coefficient (Wildman–Crippen LogP) is 7.31. The number of carbonyl (C=O) groups excluding carboxylic acids is 2. The van der Waals surface area contributed by atoms with Crippen LogP contribution in [0, 0.1) is 5.82 Å². The highest BCUT2D eigenvalue weighted by molar-refractivity contribution is 6.30. The van der Waals surface area contributed by atoms with E-state index in [0.717, 1.165) is 16.9 Å². The Bertz CT molecular complexity index is 1680. The molecule has 44 heavy (non-hydrogen) atoms. The van der Waals surface area contributed by atoms with E-state index >= 15 is 0 Å². The first-order valence-electron chi connectivity index (χ1n) is 14.7. The summed E-state index contributed by atoms with van der Waals surface area (Å²) in [6, 6.07) is 20.4. The lowest BCUT2D eigenvalue weighted by Gasteiger charge is -2.45. The van der Waals surface area contributed by atoms with Crippen LogP contribution in [-0.2, 0) is 17.9 Å². The van der Waals surface area contributed by atoms with E-state index in [2.05, 4.69) is 22.9 Å². The summed E-state index contributed by atoms with van der Waals surface area (Å²) in [6.45, 7) is 7.14. The third-order valence-electron chi connectivity index (χ3n) is 8.26. The Labute approximate surface area is 261 Å². The van der Waals surface area contributed by atoms with E-state index in [1.54, 1.807) is 30.5 Å². The van der Waals surface area contributed by atoms with Gasteiger partial charge in [-0.3, -0.25) is 19.5 Å². The normalized spacial score (nSPS) is 20.7. The van der Waals surface area contributed by atoms with Gasteiger partial charge in [0.05, 0.1) is 12.3 Å². The summed E-state index contributed by atoms with van der Waals surface area (Å²) < 4.78 is 26.3. The SMILES string of the molecule is CC(C)Oc1cccc(CN2CCC3(C[C@@H]2C)C(=O)N(Cc2ncc(-c4ccc(Cl)cc4)o2)C(=O)N3c2cccc(F)c2)c1. The number of carbonyl (C=O) groups is 2. The Hall–Kier alpha value is -4.21. The minimum absolute atomic E-state index is 0.0515. The molecule has 1 unspecified atom stereocenters. The molecule has 2 aliphatic rings. The van der Waals surface area contributed by atoms with E-state index in [1.165, 1.54) is 21.9 Å². The number of amides is 3. The molecular weight excluding hydrogens is 583 g/mol. The average molecular weight is 617 g/mol. The van der Waals surface area contributed by atoms with E-state index in [9.17, 15) is 14.0 Å². The number of piperidine rings is 1. The van der Waals surface area contributed by atoms with Crippen molar-refractivity contribution in [1.82, 2.24) is 14.8 Å². The number of oxazole rings is 1. The van der Waals surface area contributed by atoms with Gasteiger partial charge in [-0.05, 0) is 93.8 Å². The van der Waals surface area contributed by atoms with Gasteiger partial charge in [-0.15, -0.1) is 0 Å². The Morgan fingerprint density at radius 2 is 1.84 bits per heavy atom. The van der Waals surface area contributed by atoms with Crippen LogP contribution < -0.4 is 9.64 Å². The fourth-order valence-corrected chi connectivity index (χ4v) is 6.37. The van der Waals surface area contributed by atoms with Crippen LogP contribution in [0.1, 0.15) is 45.1 Å². The summed E-state index contributed by atoms with van der Waals surface area (Å²) >= 11 is 6.01. The third-order valence-corrected chi connectivity index (χ3v) is 8.51. The number of halogens is 2. The lowest BCUT2D eigenvalue weighted by atomic mass is 9.81. The molecule has 8 nitrogen and oxygen atoms in total. The summed E-state index contributed by atoms with van der Waals surface area (Å²) in [5.74, 6) is 0.718. The first-order valence-corrected chi connectivity index (χ1v) is 15.1. The monoisotopic (exact) mass is 616 g/mol. The molecule has 3 heterocycles. The molecule has 0 saturated carbocycles. The molecule has 0 N–H and O–H groups in total. The van der Waals surface area contributed by atoms with E-state index in [-0.39, 0.29) is 30.5 Å². The first kappa shape index (κ1) is 29.8. The van der Waals surface area contributed by atoms with Crippen molar-refractivity contribution in [2.75, 3.05) is 11.4 Å². The molecule has 228 valence electrons. The van der Waals surface area contributed by atoms with Crippen molar-refractivity contribution in [2.24, 2.45) is 0 Å². The Kier molecular flexibility index (Phi) is 8.18. The van der Waals surface area contributed by atoms with E-state index in [1.807, 2.05) is 44.2 Å². The van der Waals surface area contributed by atoms with Gasteiger partial charge >= 0.3 is 6.03 Å². The maximum atomic E-state index is 14.4. The number of imide groups is 1. The molecule has 0 aliphatic carbocycles. The first-order chi connectivity index (χ1) is 21.1. The van der Waals surface area contributed by atoms with Gasteiger partial charge in [0.2, 0.25) is 5.89 Å². The van der Waals surface area contributed by atoms with Crippen molar-refractivity contribution in [3.63, 3.8) is 0 Å². The van der Waals surface area contributed by atoms with Gasteiger partial charge in [0.15, 0.2) is 5.76 Å². The van der Waals surface area contributed by atoms with Gasteiger partial charge in [-0.2, -0.15) is 0 Å². The number of nitrogens with zero attached hydrogens (tertiary/aromatic N) is 4. The summed E-state index contributed by atoms with van der Waals surface area (Å²) in [4.78, 5) is 37.6. The second kappa shape index (κ2) is 12.1. The second-order valence-corrected chi connectivity index (χ2v) is 12.2. The quantitative estimate of drug-likeness (QED) is 0.193. The van der Waals surface area contributed by atoms with Crippen LogP contribution in [0.5, 0.6) is 5.75 Å². The molecular formula is C34H34ClFN4O4. The minimum Gasteiger partial charge on any atom is -0.491 e. The molecule has 4 aromatic rings. The molecule has 2 aliphatic heterocycles. The third kappa shape index (κ3) is 5.81. The molecule has 0 bridgehead atoms. The number of ether oxygens (including phenoxy) is 1. The molecule has 0 radical (unpaired) electrons. The Morgan fingerprint density at radius 3 is 2.57 bits per heavy atom. The fraction of sp³-hybridized carbons (Fsp3) is 0.324. The standard InChI is InChI=1S/C34H34ClFN4O4/c1-22(2)43-29-9-4-6-24(16-29)20-38-15-14-34(18-23(38)3)32(41)39(33(42)40(34)28-8-5-7-27(36)17-28)21-31-37-19-30(44-31)25-10-12-26(35)13-11-25/h4-13,16-17,19,22-23H,14-15,18,20-21H2,1-3H3/t23-,34?/m0/s1. The van der Waals surface area contributed by atoms with Gasteiger partial charge in [0, 0.05) is 35.4 Å². The lowest BCUT2D eigenvalue weighted by Crippen LogP contribution is -2.59. The minimum atomic E-state index is -1.17. The summed E-state index contributed by atoms with van der Waals surface area (Å²) in [5, 5.41) is 0.596. The summed E-state index contributed by atoms with van der Waals surface area (Å²) in [7, 11) is 0. The van der Waals surface area contributed by atoms with Crippen LogP contribution in [0.3, 0.4) is 0 Å². The molecule has 2 fully saturated rings. The maximum absolute atomic E-state index is 14.4. The zero-order chi connectivity index (χ0) is 31.0. The van der Waals surface area contributed by atoms with Gasteiger partial charge in [0.25, 0.3) is 5.91 Å². The highest BCUT2D eigenvalue weighted by Gasteiger charge is 2.60. The van der Waals surface area contributed by atoms with E-state index in [0.29, 0.717) is 42.4 Å². The van der Waals surface area contributed by atoms with Crippen LogP contribution in [0.15, 0.2) is 83.4 Å². The van der Waals surface area contributed by atoms with E-state index in [4.69, 9.17) is 20.8 Å². The van der Waals surface area contributed by atoms with Crippen molar-refractivity contribution in [3.8, 4) is 17.1 Å². The zero-order valence-corrected chi connectivity index (χ0v) is 25.6. The van der Waals surface area contributed by atoms with Crippen molar-refractivity contribution in [1.29, 1.82) is 0 Å². The molecule has 10 heteroatoms. The van der Waals surface area contributed by atoms with Crippen molar-refractivity contribution >= 4 is 29.2 Å². The predicted molar refractivity (Wildman–Crippen MR) is 166 cm³/mol. The number of benzene rings is 3. The molecule has 6 rings (SSSR count). The van der Waals surface area contributed by atoms with Crippen molar-refractivity contribution in [2.45, 2.75) is 64.4 Å². The largest absolute Gasteiger partial charge is 0.491 e. The topological polar surface area (TPSA) is 79.1 Å². The smallest absolute Gasteiger partial charge is 0.332 e.